The number of carbonyl (C=O) groups excluding carboxylic acids is 2. The van der Waals surface area contributed by atoms with E-state index in [-0.39, 0.29) is 24.9 Å². The molecule has 0 aliphatic carbocycles. The van der Waals surface area contributed by atoms with Gasteiger partial charge in [0.2, 0.25) is 5.82 Å². The summed E-state index contributed by atoms with van der Waals surface area (Å²) < 4.78 is 11.0. The molecule has 1 N–H and O–H groups in total. The van der Waals surface area contributed by atoms with Crippen LogP contribution in [0.3, 0.4) is 0 Å². The van der Waals surface area contributed by atoms with Gasteiger partial charge in [0.1, 0.15) is 6.54 Å². The fourth-order valence-corrected chi connectivity index (χ4v) is 2.56. The molecule has 0 unspecified atom stereocenters. The Morgan fingerprint density at radius 1 is 1.15 bits per heavy atom. The SMILES string of the molecule is Cc1ccccc1-c1noc(COC(=O)CNC(=O)c2ccc(Br)cc2)n1. The summed E-state index contributed by atoms with van der Waals surface area (Å²) in [7, 11) is 0. The number of aryl methyl sites for hydroxylation is 1. The van der Waals surface area contributed by atoms with Gasteiger partial charge in [-0.05, 0) is 36.8 Å². The normalized spacial score (nSPS) is 10.4. The summed E-state index contributed by atoms with van der Waals surface area (Å²) in [5, 5.41) is 6.39. The topological polar surface area (TPSA) is 94.3 Å². The van der Waals surface area contributed by atoms with E-state index in [0.29, 0.717) is 11.4 Å². The minimum absolute atomic E-state index is 0.161. The highest BCUT2D eigenvalue weighted by atomic mass is 79.9. The number of halogens is 1. The first-order valence-corrected chi connectivity index (χ1v) is 8.90. The van der Waals surface area contributed by atoms with Gasteiger partial charge in [-0.1, -0.05) is 45.4 Å². The Balaban J connectivity index is 1.49. The lowest BCUT2D eigenvalue weighted by Gasteiger charge is -2.05. The molecule has 138 valence electrons. The molecule has 7 nitrogen and oxygen atoms in total. The van der Waals surface area contributed by atoms with Crippen LogP contribution in [-0.2, 0) is 16.1 Å². The molecular formula is C19H16BrN3O4. The van der Waals surface area contributed by atoms with Crippen LogP contribution < -0.4 is 5.32 Å². The number of ether oxygens (including phenoxy) is 1. The van der Waals surface area contributed by atoms with Crippen LogP contribution in [0.2, 0.25) is 0 Å². The van der Waals surface area contributed by atoms with Gasteiger partial charge in [-0.2, -0.15) is 4.98 Å². The standard InChI is InChI=1S/C19H16BrN3O4/c1-12-4-2-3-5-15(12)18-22-16(27-23-18)11-26-17(24)10-21-19(25)13-6-8-14(20)9-7-13/h2-9H,10-11H2,1H3,(H,21,25). The van der Waals surface area contributed by atoms with Gasteiger partial charge in [-0.25, -0.2) is 0 Å². The molecule has 0 saturated heterocycles. The average molecular weight is 430 g/mol. The molecule has 8 heteroatoms. The summed E-state index contributed by atoms with van der Waals surface area (Å²) in [5.41, 5.74) is 2.31. The smallest absolute Gasteiger partial charge is 0.325 e. The molecule has 3 aromatic rings. The van der Waals surface area contributed by atoms with Crippen molar-refractivity contribution in [3.63, 3.8) is 0 Å². The second-order valence-corrected chi connectivity index (χ2v) is 6.59. The first-order valence-electron chi connectivity index (χ1n) is 8.11. The number of nitrogens with zero attached hydrogens (tertiary/aromatic N) is 2. The molecule has 3 rings (SSSR count). The molecule has 0 fully saturated rings. The van der Waals surface area contributed by atoms with Crippen LogP contribution in [-0.4, -0.2) is 28.6 Å². The van der Waals surface area contributed by atoms with Crippen LogP contribution in [0.15, 0.2) is 57.5 Å². The van der Waals surface area contributed by atoms with E-state index in [0.717, 1.165) is 15.6 Å². The van der Waals surface area contributed by atoms with Gasteiger partial charge < -0.3 is 14.6 Å². The third kappa shape index (κ3) is 5.01. The molecule has 0 saturated carbocycles. The second-order valence-electron chi connectivity index (χ2n) is 5.68. The van der Waals surface area contributed by atoms with Crippen molar-refractivity contribution in [2.24, 2.45) is 0 Å². The predicted octanol–water partition coefficient (Wildman–Crippen LogP) is 3.28. The zero-order valence-electron chi connectivity index (χ0n) is 14.4. The Labute approximate surface area is 163 Å². The van der Waals surface area contributed by atoms with E-state index in [4.69, 9.17) is 9.26 Å². The summed E-state index contributed by atoms with van der Waals surface area (Å²) in [6, 6.07) is 14.4. The Kier molecular flexibility index (Phi) is 5.97. The summed E-state index contributed by atoms with van der Waals surface area (Å²) >= 11 is 3.29. The minimum Gasteiger partial charge on any atom is -0.454 e. The molecule has 0 radical (unpaired) electrons. The summed E-state index contributed by atoms with van der Waals surface area (Å²) in [6.07, 6.45) is 0. The molecule has 0 spiro atoms. The minimum atomic E-state index is -0.601. The van der Waals surface area contributed by atoms with Crippen LogP contribution in [0.4, 0.5) is 0 Å². The molecule has 0 bridgehead atoms. The number of aromatic nitrogens is 2. The van der Waals surface area contributed by atoms with E-state index >= 15 is 0 Å². The van der Waals surface area contributed by atoms with Gasteiger partial charge in [-0.3, -0.25) is 9.59 Å². The zero-order chi connectivity index (χ0) is 19.2. The van der Waals surface area contributed by atoms with Crippen LogP contribution in [0, 0.1) is 6.92 Å². The van der Waals surface area contributed by atoms with Crippen molar-refractivity contribution in [1.29, 1.82) is 0 Å². The van der Waals surface area contributed by atoms with Crippen LogP contribution >= 0.6 is 15.9 Å². The lowest BCUT2D eigenvalue weighted by molar-refractivity contribution is -0.144. The van der Waals surface area contributed by atoms with E-state index in [1.54, 1.807) is 24.3 Å². The first kappa shape index (κ1) is 18.8. The highest BCUT2D eigenvalue weighted by molar-refractivity contribution is 9.10. The van der Waals surface area contributed by atoms with Gasteiger partial charge in [0.25, 0.3) is 11.8 Å². The first-order chi connectivity index (χ1) is 13.0. The molecule has 1 aromatic heterocycles. The molecule has 1 heterocycles. The zero-order valence-corrected chi connectivity index (χ0v) is 16.0. The monoisotopic (exact) mass is 429 g/mol. The molecule has 0 aliphatic rings. The number of hydrogen-bond acceptors (Lipinski definition) is 6. The molecule has 2 aromatic carbocycles. The highest BCUT2D eigenvalue weighted by Gasteiger charge is 2.13. The Morgan fingerprint density at radius 3 is 2.63 bits per heavy atom. The fourth-order valence-electron chi connectivity index (χ4n) is 2.30. The maximum Gasteiger partial charge on any atom is 0.325 e. The lowest BCUT2D eigenvalue weighted by Crippen LogP contribution is -2.30. The largest absolute Gasteiger partial charge is 0.454 e. The number of esters is 1. The number of benzene rings is 2. The average Bonchev–Trinajstić information content (AvgIpc) is 3.14. The van der Waals surface area contributed by atoms with Gasteiger partial charge in [-0.15, -0.1) is 0 Å². The molecular weight excluding hydrogens is 414 g/mol. The fraction of sp³-hybridized carbons (Fsp3) is 0.158. The molecule has 27 heavy (non-hydrogen) atoms. The second kappa shape index (κ2) is 8.59. The number of amides is 1. The summed E-state index contributed by atoms with van der Waals surface area (Å²) in [6.45, 7) is 1.53. The third-order valence-corrected chi connectivity index (χ3v) is 4.24. The maximum absolute atomic E-state index is 12.0. The third-order valence-electron chi connectivity index (χ3n) is 3.71. The van der Waals surface area contributed by atoms with Gasteiger partial charge in [0.05, 0.1) is 0 Å². The Morgan fingerprint density at radius 2 is 1.89 bits per heavy atom. The van der Waals surface area contributed by atoms with Gasteiger partial charge in [0, 0.05) is 15.6 Å². The van der Waals surface area contributed by atoms with Crippen molar-refractivity contribution in [2.45, 2.75) is 13.5 Å². The number of rotatable bonds is 6. The molecule has 1 amide bonds. The summed E-state index contributed by atoms with van der Waals surface area (Å²) in [5.74, 6) is -0.348. The maximum atomic E-state index is 12.0. The number of hydrogen-bond donors (Lipinski definition) is 1. The number of carbonyl (C=O) groups is 2. The van der Waals surface area contributed by atoms with Crippen molar-refractivity contribution in [3.8, 4) is 11.4 Å². The van der Waals surface area contributed by atoms with E-state index in [1.165, 1.54) is 0 Å². The van der Waals surface area contributed by atoms with Crippen molar-refractivity contribution in [2.75, 3.05) is 6.54 Å². The Hall–Kier alpha value is -3.00. The molecule has 0 atom stereocenters. The van der Waals surface area contributed by atoms with E-state index in [1.807, 2.05) is 31.2 Å². The quantitative estimate of drug-likeness (QED) is 0.604. The van der Waals surface area contributed by atoms with Gasteiger partial charge >= 0.3 is 5.97 Å². The van der Waals surface area contributed by atoms with E-state index < -0.39 is 5.97 Å². The Bertz CT molecular complexity index is 954. The predicted molar refractivity (Wildman–Crippen MR) is 101 cm³/mol. The van der Waals surface area contributed by atoms with Crippen molar-refractivity contribution in [3.05, 3.63) is 70.0 Å². The number of nitrogens with one attached hydrogen (secondary N) is 1. The van der Waals surface area contributed by atoms with E-state index in [2.05, 4.69) is 31.4 Å². The summed E-state index contributed by atoms with van der Waals surface area (Å²) in [4.78, 5) is 28.0. The molecule has 0 aliphatic heterocycles. The van der Waals surface area contributed by atoms with Crippen LogP contribution in [0.1, 0.15) is 21.8 Å². The highest BCUT2D eigenvalue weighted by Crippen LogP contribution is 2.19. The van der Waals surface area contributed by atoms with E-state index in [9.17, 15) is 9.59 Å². The van der Waals surface area contributed by atoms with Crippen LogP contribution in [0.5, 0.6) is 0 Å². The van der Waals surface area contributed by atoms with Crippen molar-refractivity contribution in [1.82, 2.24) is 15.5 Å². The van der Waals surface area contributed by atoms with Crippen molar-refractivity contribution < 1.29 is 18.8 Å². The lowest BCUT2D eigenvalue weighted by atomic mass is 10.1. The van der Waals surface area contributed by atoms with Crippen molar-refractivity contribution >= 4 is 27.8 Å². The van der Waals surface area contributed by atoms with Gasteiger partial charge in [0.15, 0.2) is 6.61 Å². The van der Waals surface area contributed by atoms with Crippen LogP contribution in [0.25, 0.3) is 11.4 Å².